The topological polar surface area (TPSA) is 0 Å². The van der Waals surface area contributed by atoms with Gasteiger partial charge in [0, 0.05) is 5.33 Å². The molecular weight excluding hydrogens is 431 g/mol. The van der Waals surface area contributed by atoms with Crippen LogP contribution in [0.5, 0.6) is 0 Å². The van der Waals surface area contributed by atoms with Crippen LogP contribution in [0.2, 0.25) is 0 Å². The van der Waals surface area contributed by atoms with Crippen LogP contribution < -0.4 is 0 Å². The molecule has 0 atom stereocenters. The summed E-state index contributed by atoms with van der Waals surface area (Å²) in [6, 6.07) is 0. The lowest BCUT2D eigenvalue weighted by Gasteiger charge is -2.04. The Morgan fingerprint density at radius 1 is 0.435 bits per heavy atom. The van der Waals surface area contributed by atoms with Gasteiger partial charge in [-0.1, -0.05) is 116 Å². The minimum absolute atomic E-state index is 0.0199. The summed E-state index contributed by atoms with van der Waals surface area (Å²) in [5.74, 6) is 0. The molecule has 0 N–H and O–H groups in total. The van der Waals surface area contributed by atoms with Crippen molar-refractivity contribution >= 4 is 36.3 Å². The molecule has 0 fully saturated rings. The maximum absolute atomic E-state index is 3.61. The van der Waals surface area contributed by atoms with Gasteiger partial charge in [-0.3, -0.25) is 0 Å². The summed E-state index contributed by atoms with van der Waals surface area (Å²) in [7, 11) is 0. The van der Waals surface area contributed by atoms with Gasteiger partial charge in [0.2, 0.25) is 0 Å². The van der Waals surface area contributed by atoms with Crippen molar-refractivity contribution in [3.05, 3.63) is 0 Å². The standard InChI is InChI=1S/C20H41Br2P/c1-2-3-4-5-6-7-8-9-10-11-12-13-14-15-16-17-18-19-20-23(21)22/h2-20H2,1H3. The molecule has 0 heterocycles. The van der Waals surface area contributed by atoms with Crippen LogP contribution in [0, 0.1) is 0 Å². The van der Waals surface area contributed by atoms with Gasteiger partial charge in [-0.2, -0.15) is 0 Å². The molecule has 0 saturated carbocycles. The largest absolute Gasteiger partial charge is 0.0654 e. The Bertz CT molecular complexity index is 210. The van der Waals surface area contributed by atoms with E-state index < -0.39 is 0 Å². The fourth-order valence-corrected chi connectivity index (χ4v) is 5.10. The highest BCUT2D eigenvalue weighted by atomic mass is 79.9. The third-order valence-electron chi connectivity index (χ3n) is 4.68. The minimum Gasteiger partial charge on any atom is -0.0654 e. The number of halogens is 2. The van der Waals surface area contributed by atoms with Gasteiger partial charge in [0.1, 0.15) is 0 Å². The first-order chi connectivity index (χ1) is 11.3. The van der Waals surface area contributed by atoms with Crippen LogP contribution in [0.25, 0.3) is 0 Å². The lowest BCUT2D eigenvalue weighted by molar-refractivity contribution is 0.526. The highest BCUT2D eigenvalue weighted by Crippen LogP contribution is 2.52. The van der Waals surface area contributed by atoms with Crippen LogP contribution in [-0.2, 0) is 0 Å². The van der Waals surface area contributed by atoms with E-state index in [1.165, 1.54) is 122 Å². The third-order valence-corrected chi connectivity index (χ3v) is 7.46. The molecule has 140 valence electrons. The lowest BCUT2D eigenvalue weighted by atomic mass is 10.0. The molecule has 3 heteroatoms. The summed E-state index contributed by atoms with van der Waals surface area (Å²) in [4.78, 5) is 0. The molecule has 23 heavy (non-hydrogen) atoms. The Morgan fingerprint density at radius 2 is 0.696 bits per heavy atom. The van der Waals surface area contributed by atoms with Crippen molar-refractivity contribution in [1.29, 1.82) is 0 Å². The van der Waals surface area contributed by atoms with Crippen molar-refractivity contribution in [3.63, 3.8) is 0 Å². The van der Waals surface area contributed by atoms with Crippen molar-refractivity contribution in [2.75, 3.05) is 6.16 Å². The normalized spacial score (nSPS) is 11.5. The summed E-state index contributed by atoms with van der Waals surface area (Å²) in [6.07, 6.45) is 27.6. The second-order valence-corrected chi connectivity index (χ2v) is 16.1. The average molecular weight is 472 g/mol. The molecular formula is C20H41Br2P. The van der Waals surface area contributed by atoms with Crippen LogP contribution >= 0.6 is 36.3 Å². The van der Waals surface area contributed by atoms with Gasteiger partial charge in [-0.25, -0.2) is 0 Å². The predicted molar refractivity (Wildman–Crippen MR) is 118 cm³/mol. The van der Waals surface area contributed by atoms with Crippen LogP contribution in [0.15, 0.2) is 0 Å². The zero-order valence-corrected chi connectivity index (χ0v) is 19.7. The van der Waals surface area contributed by atoms with Crippen LogP contribution in [0.4, 0.5) is 0 Å². The molecule has 0 unspecified atom stereocenters. The first kappa shape index (κ1) is 24.4. The summed E-state index contributed by atoms with van der Waals surface area (Å²) < 4.78 is 0. The van der Waals surface area contributed by atoms with Gasteiger partial charge < -0.3 is 0 Å². The Balaban J connectivity index is 2.95. The average Bonchev–Trinajstić information content (AvgIpc) is 2.53. The van der Waals surface area contributed by atoms with Crippen LogP contribution in [0.3, 0.4) is 0 Å². The molecule has 0 aliphatic carbocycles. The fourth-order valence-electron chi connectivity index (χ4n) is 3.13. The summed E-state index contributed by atoms with van der Waals surface area (Å²) >= 11 is 7.21. The van der Waals surface area contributed by atoms with Crippen molar-refractivity contribution < 1.29 is 0 Å². The molecule has 0 aromatic heterocycles. The highest BCUT2D eigenvalue weighted by molar-refractivity contribution is 9.69. The Labute approximate surface area is 164 Å². The second-order valence-electron chi connectivity index (χ2n) is 7.04. The van der Waals surface area contributed by atoms with E-state index in [9.17, 15) is 0 Å². The SMILES string of the molecule is CCCCCCCCCCCCCCCCCCCCP(Br)Br. The Kier molecular flexibility index (Phi) is 22.7. The maximum atomic E-state index is 3.61. The molecule has 0 spiro atoms. The quantitative estimate of drug-likeness (QED) is 0.130. The first-order valence-electron chi connectivity index (χ1n) is 10.4. The zero-order valence-electron chi connectivity index (χ0n) is 15.6. The van der Waals surface area contributed by atoms with E-state index in [4.69, 9.17) is 0 Å². The Hall–Kier alpha value is 1.39. The predicted octanol–water partition coefficient (Wildman–Crippen LogP) is 10.1. The molecule has 0 nitrogen and oxygen atoms in total. The number of hydrogen-bond acceptors (Lipinski definition) is 0. The van der Waals surface area contributed by atoms with Gasteiger partial charge in [-0.05, 0) is 43.6 Å². The van der Waals surface area contributed by atoms with Gasteiger partial charge in [-0.15, -0.1) is 0 Å². The van der Waals surface area contributed by atoms with E-state index in [0.29, 0.717) is 0 Å². The number of unbranched alkanes of at least 4 members (excludes halogenated alkanes) is 17. The smallest absolute Gasteiger partial charge is 0.0346 e. The maximum Gasteiger partial charge on any atom is 0.0346 e. The molecule has 0 rings (SSSR count). The molecule has 0 aliphatic rings. The summed E-state index contributed by atoms with van der Waals surface area (Å²) in [6.45, 7) is 2.30. The monoisotopic (exact) mass is 470 g/mol. The molecule has 0 aliphatic heterocycles. The summed E-state index contributed by atoms with van der Waals surface area (Å²) in [5, 5.41) is -0.0199. The van der Waals surface area contributed by atoms with Crippen LogP contribution in [-0.4, -0.2) is 6.16 Å². The first-order valence-corrected chi connectivity index (χ1v) is 15.9. The van der Waals surface area contributed by atoms with Crippen LogP contribution in [0.1, 0.15) is 122 Å². The Morgan fingerprint density at radius 3 is 0.957 bits per heavy atom. The molecule has 0 radical (unpaired) electrons. The van der Waals surface area contributed by atoms with Gasteiger partial charge in [0.25, 0.3) is 0 Å². The third kappa shape index (κ3) is 23.4. The van der Waals surface area contributed by atoms with Gasteiger partial charge in [0.05, 0.1) is 0 Å². The molecule has 0 aromatic carbocycles. The molecule has 0 amide bonds. The van der Waals surface area contributed by atoms with Gasteiger partial charge >= 0.3 is 0 Å². The molecule has 0 bridgehead atoms. The van der Waals surface area contributed by atoms with E-state index in [0.717, 1.165) is 0 Å². The van der Waals surface area contributed by atoms with E-state index in [2.05, 4.69) is 37.9 Å². The molecule has 0 aromatic rings. The second kappa shape index (κ2) is 21.4. The number of hydrogen-bond donors (Lipinski definition) is 0. The van der Waals surface area contributed by atoms with E-state index in [-0.39, 0.29) is 5.33 Å². The van der Waals surface area contributed by atoms with E-state index >= 15 is 0 Å². The molecule has 0 saturated heterocycles. The van der Waals surface area contributed by atoms with Crippen molar-refractivity contribution in [2.45, 2.75) is 122 Å². The summed E-state index contributed by atoms with van der Waals surface area (Å²) in [5.41, 5.74) is 0. The van der Waals surface area contributed by atoms with E-state index in [1.54, 1.807) is 0 Å². The zero-order chi connectivity index (χ0) is 17.0. The fraction of sp³-hybridized carbons (Fsp3) is 1.00. The van der Waals surface area contributed by atoms with Gasteiger partial charge in [0.15, 0.2) is 0 Å². The van der Waals surface area contributed by atoms with E-state index in [1.807, 2.05) is 0 Å². The minimum atomic E-state index is -0.0199. The van der Waals surface area contributed by atoms with Crippen molar-refractivity contribution in [3.8, 4) is 0 Å². The number of rotatable bonds is 19. The highest BCUT2D eigenvalue weighted by Gasteiger charge is 1.97. The van der Waals surface area contributed by atoms with Crippen molar-refractivity contribution in [1.82, 2.24) is 0 Å². The van der Waals surface area contributed by atoms with Crippen molar-refractivity contribution in [2.24, 2.45) is 0 Å². The lowest BCUT2D eigenvalue weighted by Crippen LogP contribution is -1.84.